The second-order valence-corrected chi connectivity index (χ2v) is 9.99. The van der Waals surface area contributed by atoms with Crippen LogP contribution >= 0.6 is 11.6 Å². The van der Waals surface area contributed by atoms with E-state index in [1.165, 1.54) is 28.1 Å². The largest absolute Gasteiger partial charge is 0.345 e. The van der Waals surface area contributed by atoms with Gasteiger partial charge in [-0.1, -0.05) is 36.2 Å². The highest BCUT2D eigenvalue weighted by atomic mass is 35.5. The first kappa shape index (κ1) is 21.8. The Balaban J connectivity index is 1.83. The summed E-state index contributed by atoms with van der Waals surface area (Å²) in [7, 11) is -3.63. The molecule has 1 amide bonds. The van der Waals surface area contributed by atoms with Crippen molar-refractivity contribution in [1.29, 1.82) is 0 Å². The highest BCUT2D eigenvalue weighted by Crippen LogP contribution is 2.26. The van der Waals surface area contributed by atoms with Gasteiger partial charge >= 0.3 is 0 Å². The Kier molecular flexibility index (Phi) is 6.66. The maximum absolute atomic E-state index is 12.9. The van der Waals surface area contributed by atoms with Crippen LogP contribution in [0, 0.1) is 13.8 Å². The minimum absolute atomic E-state index is 0.104. The molecule has 0 saturated carbocycles. The summed E-state index contributed by atoms with van der Waals surface area (Å²) in [5, 5.41) is 3.16. The predicted molar refractivity (Wildman–Crippen MR) is 116 cm³/mol. The SMILES string of the molecule is Cc1ccc([C@H](C)NC(=O)c2cc(S(=O)(=O)N3CCCCC3)ccc2Cl)cc1C. The van der Waals surface area contributed by atoms with E-state index in [1.54, 1.807) is 0 Å². The fourth-order valence-electron chi connectivity index (χ4n) is 3.48. The minimum Gasteiger partial charge on any atom is -0.345 e. The zero-order valence-corrected chi connectivity index (χ0v) is 18.6. The molecule has 156 valence electrons. The van der Waals surface area contributed by atoms with Crippen LogP contribution in [0.3, 0.4) is 0 Å². The zero-order chi connectivity index (χ0) is 21.2. The molecule has 29 heavy (non-hydrogen) atoms. The zero-order valence-electron chi connectivity index (χ0n) is 17.0. The molecule has 1 aliphatic rings. The maximum atomic E-state index is 12.9. The summed E-state index contributed by atoms with van der Waals surface area (Å²) in [5.41, 5.74) is 3.48. The van der Waals surface area contributed by atoms with E-state index in [1.807, 2.05) is 39.0 Å². The van der Waals surface area contributed by atoms with Crippen molar-refractivity contribution in [2.24, 2.45) is 0 Å². The van der Waals surface area contributed by atoms with Crippen molar-refractivity contribution in [2.75, 3.05) is 13.1 Å². The van der Waals surface area contributed by atoms with Crippen molar-refractivity contribution >= 4 is 27.5 Å². The number of piperidine rings is 1. The quantitative estimate of drug-likeness (QED) is 0.746. The fourth-order valence-corrected chi connectivity index (χ4v) is 5.23. The van der Waals surface area contributed by atoms with Crippen molar-refractivity contribution in [3.05, 3.63) is 63.7 Å². The van der Waals surface area contributed by atoms with Gasteiger partial charge in [0.2, 0.25) is 10.0 Å². The van der Waals surface area contributed by atoms with Gasteiger partial charge in [0.05, 0.1) is 21.5 Å². The number of carbonyl (C=O) groups excluding carboxylic acids is 1. The van der Waals surface area contributed by atoms with Crippen molar-refractivity contribution in [2.45, 2.75) is 51.0 Å². The number of sulfonamides is 1. The molecule has 1 aliphatic heterocycles. The summed E-state index contributed by atoms with van der Waals surface area (Å²) in [6.07, 6.45) is 2.75. The fraction of sp³-hybridized carbons (Fsp3) is 0.409. The van der Waals surface area contributed by atoms with E-state index >= 15 is 0 Å². The second kappa shape index (κ2) is 8.86. The third-order valence-corrected chi connectivity index (χ3v) is 7.74. The molecule has 1 N–H and O–H groups in total. The number of hydrogen-bond acceptors (Lipinski definition) is 3. The number of halogens is 1. The molecule has 5 nitrogen and oxygen atoms in total. The first-order valence-electron chi connectivity index (χ1n) is 9.88. The van der Waals surface area contributed by atoms with Gasteiger partial charge in [-0.15, -0.1) is 0 Å². The summed E-state index contributed by atoms with van der Waals surface area (Å²) in [5.74, 6) is -0.392. The molecule has 1 fully saturated rings. The van der Waals surface area contributed by atoms with E-state index in [0.717, 1.165) is 30.4 Å². The first-order valence-corrected chi connectivity index (χ1v) is 11.7. The number of benzene rings is 2. The smallest absolute Gasteiger partial charge is 0.253 e. The molecule has 3 rings (SSSR count). The van der Waals surface area contributed by atoms with E-state index in [4.69, 9.17) is 11.6 Å². The Hall–Kier alpha value is -1.89. The molecule has 0 bridgehead atoms. The van der Waals surface area contributed by atoms with Gasteiger partial charge in [-0.25, -0.2) is 8.42 Å². The monoisotopic (exact) mass is 434 g/mol. The molecule has 0 spiro atoms. The molecule has 2 aromatic carbocycles. The van der Waals surface area contributed by atoms with E-state index in [-0.39, 0.29) is 21.5 Å². The summed E-state index contributed by atoms with van der Waals surface area (Å²) >= 11 is 6.23. The van der Waals surface area contributed by atoms with Crippen LogP contribution in [0.2, 0.25) is 5.02 Å². The maximum Gasteiger partial charge on any atom is 0.253 e. The molecule has 0 aromatic heterocycles. The van der Waals surface area contributed by atoms with Crippen molar-refractivity contribution in [3.8, 4) is 0 Å². The topological polar surface area (TPSA) is 66.5 Å². The van der Waals surface area contributed by atoms with Crippen molar-refractivity contribution < 1.29 is 13.2 Å². The number of carbonyl (C=O) groups is 1. The molecule has 1 heterocycles. The number of nitrogens with one attached hydrogen (secondary N) is 1. The van der Waals surface area contributed by atoms with Gasteiger partial charge in [0, 0.05) is 13.1 Å². The lowest BCUT2D eigenvalue weighted by Crippen LogP contribution is -2.35. The standard InChI is InChI=1S/C22H27ClN2O3S/c1-15-7-8-18(13-16(15)2)17(3)24-22(26)20-14-19(9-10-21(20)23)29(27,28)25-11-5-4-6-12-25/h7-10,13-14,17H,4-6,11-12H2,1-3H3,(H,24,26)/t17-/m0/s1. The molecular formula is C22H27ClN2O3S. The number of rotatable bonds is 5. The third-order valence-electron chi connectivity index (χ3n) is 5.51. The lowest BCUT2D eigenvalue weighted by atomic mass is 10.0. The molecule has 0 unspecified atom stereocenters. The van der Waals surface area contributed by atoms with Gasteiger partial charge in [0.1, 0.15) is 0 Å². The Labute approximate surface area is 178 Å². The normalized spacial score (nSPS) is 16.4. The molecule has 7 heteroatoms. The summed E-state index contributed by atoms with van der Waals surface area (Å²) in [6, 6.07) is 10.1. The lowest BCUT2D eigenvalue weighted by molar-refractivity contribution is 0.0940. The van der Waals surface area contributed by atoms with Gasteiger partial charge < -0.3 is 5.32 Å². The van der Waals surface area contributed by atoms with Crippen molar-refractivity contribution in [3.63, 3.8) is 0 Å². The van der Waals surface area contributed by atoms with Crippen LogP contribution in [0.5, 0.6) is 0 Å². The number of aryl methyl sites for hydroxylation is 2. The Morgan fingerprint density at radius 2 is 1.72 bits per heavy atom. The predicted octanol–water partition coefficient (Wildman–Crippen LogP) is 4.62. The number of amides is 1. The van der Waals surface area contributed by atoms with E-state index in [2.05, 4.69) is 5.32 Å². The Bertz CT molecular complexity index is 1010. The minimum atomic E-state index is -3.63. The summed E-state index contributed by atoms with van der Waals surface area (Å²) in [6.45, 7) is 6.98. The highest BCUT2D eigenvalue weighted by molar-refractivity contribution is 7.89. The van der Waals surface area contributed by atoms with Gasteiger partial charge in [0.15, 0.2) is 0 Å². The first-order chi connectivity index (χ1) is 13.7. The molecule has 1 saturated heterocycles. The van der Waals surface area contributed by atoms with Gasteiger partial charge in [-0.05, 0) is 68.5 Å². The third kappa shape index (κ3) is 4.82. The number of hydrogen-bond donors (Lipinski definition) is 1. The molecule has 2 aromatic rings. The summed E-state index contributed by atoms with van der Waals surface area (Å²) in [4.78, 5) is 13.0. The van der Waals surface area contributed by atoms with Crippen molar-refractivity contribution in [1.82, 2.24) is 9.62 Å². The van der Waals surface area contributed by atoms with Gasteiger partial charge in [0.25, 0.3) is 5.91 Å². The van der Waals surface area contributed by atoms with Crippen LogP contribution in [-0.4, -0.2) is 31.7 Å². The second-order valence-electron chi connectivity index (χ2n) is 7.65. The van der Waals surface area contributed by atoms with Crippen LogP contribution in [0.25, 0.3) is 0 Å². The summed E-state index contributed by atoms with van der Waals surface area (Å²) < 4.78 is 27.4. The van der Waals surface area contributed by atoms with E-state index < -0.39 is 15.9 Å². The molecular weight excluding hydrogens is 408 g/mol. The van der Waals surface area contributed by atoms with Crippen LogP contribution in [-0.2, 0) is 10.0 Å². The van der Waals surface area contributed by atoms with Crippen LogP contribution < -0.4 is 5.32 Å². The molecule has 0 aliphatic carbocycles. The van der Waals surface area contributed by atoms with Gasteiger partial charge in [-0.2, -0.15) is 4.31 Å². The van der Waals surface area contributed by atoms with Crippen LogP contribution in [0.4, 0.5) is 0 Å². The molecule has 0 radical (unpaired) electrons. The van der Waals surface area contributed by atoms with Crippen LogP contribution in [0.15, 0.2) is 41.3 Å². The molecule has 1 atom stereocenters. The number of nitrogens with zero attached hydrogens (tertiary/aromatic N) is 1. The van der Waals surface area contributed by atoms with Crippen LogP contribution in [0.1, 0.15) is 59.3 Å². The van der Waals surface area contributed by atoms with E-state index in [9.17, 15) is 13.2 Å². The average molecular weight is 435 g/mol. The Morgan fingerprint density at radius 3 is 2.38 bits per heavy atom. The lowest BCUT2D eigenvalue weighted by Gasteiger charge is -2.26. The van der Waals surface area contributed by atoms with E-state index in [0.29, 0.717) is 13.1 Å². The highest BCUT2D eigenvalue weighted by Gasteiger charge is 2.27. The Morgan fingerprint density at radius 1 is 1.03 bits per heavy atom. The van der Waals surface area contributed by atoms with Gasteiger partial charge in [-0.3, -0.25) is 4.79 Å². The average Bonchev–Trinajstić information content (AvgIpc) is 2.70.